The van der Waals surface area contributed by atoms with E-state index in [9.17, 15) is 10.1 Å². The van der Waals surface area contributed by atoms with Gasteiger partial charge in [-0.1, -0.05) is 11.3 Å². The number of hydrogen-bond donors (Lipinski definition) is 2. The van der Waals surface area contributed by atoms with Gasteiger partial charge in [-0.3, -0.25) is 15.2 Å². The second kappa shape index (κ2) is 5.41. The van der Waals surface area contributed by atoms with Crippen LogP contribution in [0.5, 0.6) is 0 Å². The molecule has 1 saturated heterocycles. The molecule has 1 aliphatic rings. The van der Waals surface area contributed by atoms with E-state index in [1.165, 1.54) is 6.07 Å². The van der Waals surface area contributed by atoms with Crippen LogP contribution < -0.4 is 10.6 Å². The molecule has 0 radical (unpaired) electrons. The molecule has 9 heteroatoms. The lowest BCUT2D eigenvalue weighted by molar-refractivity contribution is -0.380. The van der Waals surface area contributed by atoms with Gasteiger partial charge in [-0.15, -0.1) is 5.10 Å². The fraction of sp³-hybridized carbons (Fsp3) is 0.500. The van der Waals surface area contributed by atoms with Gasteiger partial charge in [-0.05, 0) is 25.8 Å². The molecule has 2 atom stereocenters. The van der Waals surface area contributed by atoms with E-state index >= 15 is 0 Å². The minimum absolute atomic E-state index is 0.0938. The maximum Gasteiger partial charge on any atom is 0.324 e. The molecule has 3 heterocycles. The zero-order valence-electron chi connectivity index (χ0n) is 11.5. The van der Waals surface area contributed by atoms with Crippen molar-refractivity contribution >= 4 is 22.3 Å². The van der Waals surface area contributed by atoms with Crippen molar-refractivity contribution in [3.05, 3.63) is 22.2 Å². The number of anilines is 1. The summed E-state index contributed by atoms with van der Waals surface area (Å²) in [6.45, 7) is 2.94. The minimum Gasteiger partial charge on any atom is -0.335 e. The van der Waals surface area contributed by atoms with Crippen molar-refractivity contribution in [2.45, 2.75) is 31.8 Å². The van der Waals surface area contributed by atoms with Crippen LogP contribution in [0.2, 0.25) is 0 Å². The van der Waals surface area contributed by atoms with Crippen molar-refractivity contribution < 1.29 is 4.92 Å². The van der Waals surface area contributed by atoms with E-state index < -0.39 is 4.92 Å². The number of H-pyrrole nitrogens is 1. The maximum absolute atomic E-state index is 10.7. The Bertz CT molecular complexity index is 654. The molecule has 0 saturated carbocycles. The molecular formula is C12H16N6O2S. The molecule has 2 aromatic heterocycles. The van der Waals surface area contributed by atoms with E-state index in [4.69, 9.17) is 5.73 Å². The van der Waals surface area contributed by atoms with Gasteiger partial charge in [0, 0.05) is 24.7 Å². The molecule has 0 aromatic carbocycles. The van der Waals surface area contributed by atoms with Gasteiger partial charge in [0.25, 0.3) is 0 Å². The highest BCUT2D eigenvalue weighted by Gasteiger charge is 2.28. The molecule has 21 heavy (non-hydrogen) atoms. The topological polar surface area (TPSA) is 114 Å². The first-order valence-electron chi connectivity index (χ1n) is 6.75. The Hall–Kier alpha value is -2.00. The summed E-state index contributed by atoms with van der Waals surface area (Å²) >= 11 is 1.08. The number of nitrogens with two attached hydrogens (primary N) is 1. The summed E-state index contributed by atoms with van der Waals surface area (Å²) in [5.74, 6) is 1.15. The summed E-state index contributed by atoms with van der Waals surface area (Å²) in [5, 5.41) is 17.9. The lowest BCUT2D eigenvalue weighted by atomic mass is 9.99. The Morgan fingerprint density at radius 2 is 2.38 bits per heavy atom. The number of aromatic nitrogens is 3. The van der Waals surface area contributed by atoms with E-state index in [0.717, 1.165) is 30.7 Å². The smallest absolute Gasteiger partial charge is 0.324 e. The number of hydrogen-bond acceptors (Lipinski definition) is 7. The average molecular weight is 308 g/mol. The largest absolute Gasteiger partial charge is 0.335 e. The fourth-order valence-corrected chi connectivity index (χ4v) is 3.26. The molecular weight excluding hydrogens is 292 g/mol. The third-order valence-corrected chi connectivity index (χ3v) is 4.83. The molecule has 0 amide bonds. The van der Waals surface area contributed by atoms with Gasteiger partial charge in [0.15, 0.2) is 5.82 Å². The second-order valence-electron chi connectivity index (χ2n) is 5.12. The van der Waals surface area contributed by atoms with E-state index in [0.29, 0.717) is 16.6 Å². The number of nitrogens with one attached hydrogen (secondary N) is 1. The molecule has 0 spiro atoms. The van der Waals surface area contributed by atoms with Crippen LogP contribution in [0.4, 0.5) is 10.9 Å². The molecule has 2 unspecified atom stereocenters. The van der Waals surface area contributed by atoms with Crippen LogP contribution >= 0.6 is 11.3 Å². The van der Waals surface area contributed by atoms with E-state index in [2.05, 4.69) is 27.0 Å². The number of aromatic amines is 1. The highest BCUT2D eigenvalue weighted by Crippen LogP contribution is 2.31. The van der Waals surface area contributed by atoms with Gasteiger partial charge in [-0.2, -0.15) is 4.98 Å². The zero-order chi connectivity index (χ0) is 15.0. The van der Waals surface area contributed by atoms with Gasteiger partial charge < -0.3 is 10.6 Å². The first kappa shape index (κ1) is 14.0. The molecule has 112 valence electrons. The number of thiophene rings is 1. The van der Waals surface area contributed by atoms with Crippen LogP contribution in [0.3, 0.4) is 0 Å². The van der Waals surface area contributed by atoms with Crippen molar-refractivity contribution in [1.82, 2.24) is 15.2 Å². The average Bonchev–Trinajstić information content (AvgIpc) is 3.09. The summed E-state index contributed by atoms with van der Waals surface area (Å²) in [7, 11) is 0. The van der Waals surface area contributed by atoms with Crippen LogP contribution in [0, 0.1) is 10.1 Å². The summed E-state index contributed by atoms with van der Waals surface area (Å²) < 4.78 is 0. The highest BCUT2D eigenvalue weighted by atomic mass is 32.1. The standard InChI is InChI=1S/C12H16N6O2S/c1-7-8(13)3-2-6-17(7)12-14-11(15-16-12)9-4-5-10(21-9)18(19)20/h4-5,7-8H,2-3,6,13H2,1H3,(H,14,15,16). The monoisotopic (exact) mass is 308 g/mol. The molecule has 1 aliphatic heterocycles. The first-order valence-corrected chi connectivity index (χ1v) is 7.57. The number of piperidine rings is 1. The van der Waals surface area contributed by atoms with Gasteiger partial charge in [-0.25, -0.2) is 0 Å². The minimum atomic E-state index is -0.406. The van der Waals surface area contributed by atoms with Crippen molar-refractivity contribution in [2.75, 3.05) is 11.4 Å². The van der Waals surface area contributed by atoms with Gasteiger partial charge in [0.1, 0.15) is 0 Å². The second-order valence-corrected chi connectivity index (χ2v) is 6.18. The molecule has 1 fully saturated rings. The number of nitro groups is 1. The Morgan fingerprint density at radius 1 is 1.57 bits per heavy atom. The summed E-state index contributed by atoms with van der Waals surface area (Å²) in [6, 6.07) is 3.45. The summed E-state index contributed by atoms with van der Waals surface area (Å²) in [6.07, 6.45) is 2.02. The predicted octanol–water partition coefficient (Wildman–Crippen LogP) is 1.76. The Morgan fingerprint density at radius 3 is 3.10 bits per heavy atom. The zero-order valence-corrected chi connectivity index (χ0v) is 12.3. The van der Waals surface area contributed by atoms with Crippen LogP contribution in [0.15, 0.2) is 12.1 Å². The van der Waals surface area contributed by atoms with Crippen LogP contribution in [-0.4, -0.2) is 38.7 Å². The molecule has 0 bridgehead atoms. The summed E-state index contributed by atoms with van der Waals surface area (Å²) in [4.78, 5) is 17.6. The van der Waals surface area contributed by atoms with Gasteiger partial charge in [0.2, 0.25) is 5.95 Å². The maximum atomic E-state index is 10.7. The molecule has 3 rings (SSSR count). The lowest BCUT2D eigenvalue weighted by Gasteiger charge is -2.36. The predicted molar refractivity (Wildman–Crippen MR) is 80.4 cm³/mol. The number of rotatable bonds is 3. The Balaban J connectivity index is 1.84. The van der Waals surface area contributed by atoms with E-state index in [1.807, 2.05) is 0 Å². The Kier molecular flexibility index (Phi) is 3.60. The van der Waals surface area contributed by atoms with Crippen LogP contribution in [0.25, 0.3) is 10.7 Å². The number of nitrogens with zero attached hydrogens (tertiary/aromatic N) is 4. The third-order valence-electron chi connectivity index (χ3n) is 3.78. The van der Waals surface area contributed by atoms with Crippen LogP contribution in [0.1, 0.15) is 19.8 Å². The van der Waals surface area contributed by atoms with E-state index in [1.54, 1.807) is 6.07 Å². The van der Waals surface area contributed by atoms with E-state index in [-0.39, 0.29) is 17.1 Å². The molecule has 2 aromatic rings. The van der Waals surface area contributed by atoms with Crippen molar-refractivity contribution in [1.29, 1.82) is 0 Å². The summed E-state index contributed by atoms with van der Waals surface area (Å²) in [5.41, 5.74) is 6.08. The molecule has 3 N–H and O–H groups in total. The fourth-order valence-electron chi connectivity index (χ4n) is 2.50. The van der Waals surface area contributed by atoms with Crippen molar-refractivity contribution in [2.24, 2.45) is 5.73 Å². The quantitative estimate of drug-likeness (QED) is 0.659. The van der Waals surface area contributed by atoms with Crippen LogP contribution in [-0.2, 0) is 0 Å². The molecule has 0 aliphatic carbocycles. The van der Waals surface area contributed by atoms with Gasteiger partial charge >= 0.3 is 5.00 Å². The Labute approximate surface area is 125 Å². The first-order chi connectivity index (χ1) is 10.1. The van der Waals surface area contributed by atoms with Crippen molar-refractivity contribution in [3.63, 3.8) is 0 Å². The highest BCUT2D eigenvalue weighted by molar-refractivity contribution is 7.18. The van der Waals surface area contributed by atoms with Gasteiger partial charge in [0.05, 0.1) is 9.80 Å². The lowest BCUT2D eigenvalue weighted by Crippen LogP contribution is -2.50. The third kappa shape index (κ3) is 2.61. The van der Waals surface area contributed by atoms with Crippen molar-refractivity contribution in [3.8, 4) is 10.7 Å². The molecule has 8 nitrogen and oxygen atoms in total. The normalized spacial score (nSPS) is 22.5. The SMILES string of the molecule is CC1C(N)CCCN1c1n[nH]c(-c2ccc([N+](=O)[O-])s2)n1.